The average Bonchev–Trinajstić information content (AvgIpc) is 2.54. The van der Waals surface area contributed by atoms with Gasteiger partial charge in [0.05, 0.1) is 5.56 Å². The van der Waals surface area contributed by atoms with Gasteiger partial charge in [-0.2, -0.15) is 13.2 Å². The second-order valence-electron chi connectivity index (χ2n) is 6.11. The summed E-state index contributed by atoms with van der Waals surface area (Å²) in [6.45, 7) is 7.00. The van der Waals surface area contributed by atoms with Gasteiger partial charge in [0, 0.05) is 32.2 Å². The minimum absolute atomic E-state index is 0. The highest BCUT2D eigenvalue weighted by Gasteiger charge is 2.34. The Morgan fingerprint density at radius 1 is 1.20 bits per heavy atom. The molecule has 0 aromatic heterocycles. The van der Waals surface area contributed by atoms with E-state index in [0.717, 1.165) is 64.0 Å². The largest absolute Gasteiger partial charge is 0.419 e. The summed E-state index contributed by atoms with van der Waals surface area (Å²) in [4.78, 5) is 2.23. The number of alkyl halides is 3. The van der Waals surface area contributed by atoms with Crippen LogP contribution in [0.4, 0.5) is 17.6 Å². The predicted molar refractivity (Wildman–Crippen MR) is 94.5 cm³/mol. The maximum Gasteiger partial charge on any atom is 0.419 e. The van der Waals surface area contributed by atoms with Crippen molar-refractivity contribution >= 4 is 12.4 Å². The van der Waals surface area contributed by atoms with Crippen LogP contribution >= 0.6 is 12.4 Å². The number of rotatable bonds is 7. The Bertz CT molecular complexity index is 542. The van der Waals surface area contributed by atoms with Crippen molar-refractivity contribution in [1.82, 2.24) is 10.2 Å². The number of hydrogen-bond donors (Lipinski definition) is 1. The Labute approximate surface area is 152 Å². The number of benzene rings is 1. The summed E-state index contributed by atoms with van der Waals surface area (Å²) in [6, 6.07) is 3.30. The van der Waals surface area contributed by atoms with E-state index in [-0.39, 0.29) is 18.4 Å². The number of allylic oxidation sites excluding steroid dienone is 1. The monoisotopic (exact) mass is 380 g/mol. The van der Waals surface area contributed by atoms with Gasteiger partial charge in [0.25, 0.3) is 0 Å². The first-order chi connectivity index (χ1) is 11.4. The molecule has 1 fully saturated rings. The molecule has 0 bridgehead atoms. The third-order valence-electron chi connectivity index (χ3n) is 4.41. The molecule has 1 N–H and O–H groups in total. The highest BCUT2D eigenvalue weighted by Crippen LogP contribution is 2.34. The molecule has 1 saturated heterocycles. The Morgan fingerprint density at radius 3 is 2.44 bits per heavy atom. The van der Waals surface area contributed by atoms with E-state index >= 15 is 0 Å². The summed E-state index contributed by atoms with van der Waals surface area (Å²) < 4.78 is 52.2. The number of unbranched alkanes of at least 4 members (excludes halogenated alkanes) is 2. The first-order valence-corrected chi connectivity index (χ1v) is 8.36. The van der Waals surface area contributed by atoms with Gasteiger partial charge >= 0.3 is 6.18 Å². The first kappa shape index (κ1) is 21.9. The fraction of sp³-hybridized carbons (Fsp3) is 0.556. The van der Waals surface area contributed by atoms with Gasteiger partial charge in [-0.25, -0.2) is 4.39 Å². The van der Waals surface area contributed by atoms with Crippen LogP contribution in [0.25, 0.3) is 0 Å². The second-order valence-corrected chi connectivity index (χ2v) is 6.11. The summed E-state index contributed by atoms with van der Waals surface area (Å²) in [5, 5.41) is 3.26. The lowest BCUT2D eigenvalue weighted by molar-refractivity contribution is -0.140. The van der Waals surface area contributed by atoms with Gasteiger partial charge in [-0.05, 0) is 37.0 Å². The lowest BCUT2D eigenvalue weighted by Crippen LogP contribution is -2.45. The molecule has 2 nitrogen and oxygen atoms in total. The molecule has 7 heteroatoms. The summed E-state index contributed by atoms with van der Waals surface area (Å²) in [5.74, 6) is -1.19. The first-order valence-electron chi connectivity index (χ1n) is 8.36. The van der Waals surface area contributed by atoms with Crippen LogP contribution in [0.5, 0.6) is 0 Å². The predicted octanol–water partition coefficient (Wildman–Crippen LogP) is 4.96. The van der Waals surface area contributed by atoms with Gasteiger partial charge in [-0.1, -0.05) is 18.6 Å². The minimum atomic E-state index is -4.66. The van der Waals surface area contributed by atoms with E-state index in [4.69, 9.17) is 0 Å². The number of nitrogens with zero attached hydrogens (tertiary/aromatic N) is 1. The Morgan fingerprint density at radius 2 is 1.88 bits per heavy atom. The lowest BCUT2D eigenvalue weighted by atomic mass is 9.96. The van der Waals surface area contributed by atoms with Gasteiger partial charge in [0.15, 0.2) is 0 Å². The molecule has 0 spiro atoms. The molecule has 1 atom stereocenters. The molecule has 0 amide bonds. The van der Waals surface area contributed by atoms with Crippen LogP contribution in [0.15, 0.2) is 30.9 Å². The second kappa shape index (κ2) is 10.1. The van der Waals surface area contributed by atoms with Crippen LogP contribution < -0.4 is 5.32 Å². The summed E-state index contributed by atoms with van der Waals surface area (Å²) >= 11 is 0. The smallest absolute Gasteiger partial charge is 0.314 e. The summed E-state index contributed by atoms with van der Waals surface area (Å²) in [7, 11) is 0. The number of piperazine rings is 1. The summed E-state index contributed by atoms with van der Waals surface area (Å²) in [6.07, 6.45) is 0.835. The van der Waals surface area contributed by atoms with Crippen molar-refractivity contribution in [3.8, 4) is 0 Å². The van der Waals surface area contributed by atoms with E-state index in [9.17, 15) is 17.6 Å². The van der Waals surface area contributed by atoms with E-state index in [1.807, 2.05) is 6.08 Å². The Kier molecular flexibility index (Phi) is 8.89. The van der Waals surface area contributed by atoms with E-state index in [0.29, 0.717) is 5.56 Å². The molecule has 0 saturated carbocycles. The molecule has 1 heterocycles. The maximum absolute atomic E-state index is 14.0. The van der Waals surface area contributed by atoms with Crippen molar-refractivity contribution in [2.45, 2.75) is 37.9 Å². The maximum atomic E-state index is 14.0. The van der Waals surface area contributed by atoms with E-state index < -0.39 is 17.6 Å². The molecule has 142 valence electrons. The standard InChI is InChI=1S/C18H24F4N2.ClH/c1-2-3-4-5-6-17(24-11-9-23-10-12-24)14-7-8-15(16(19)13-14)18(20,21)22;/h2,7-8,13,17,23H,1,3-6,9-12H2;1H/t17-;/m0./s1. The normalized spacial score (nSPS) is 17.0. The highest BCUT2D eigenvalue weighted by atomic mass is 35.5. The molecule has 1 aliphatic rings. The molecule has 1 aliphatic heterocycles. The van der Waals surface area contributed by atoms with Crippen LogP contribution in [0.3, 0.4) is 0 Å². The van der Waals surface area contributed by atoms with Crippen LogP contribution in [0.2, 0.25) is 0 Å². The van der Waals surface area contributed by atoms with Gasteiger partial charge in [-0.3, -0.25) is 4.90 Å². The molecular weight excluding hydrogens is 356 g/mol. The molecule has 0 radical (unpaired) electrons. The molecule has 1 aromatic rings. The quantitative estimate of drug-likeness (QED) is 0.408. The fourth-order valence-corrected chi connectivity index (χ4v) is 3.15. The fourth-order valence-electron chi connectivity index (χ4n) is 3.15. The lowest BCUT2D eigenvalue weighted by Gasteiger charge is -2.35. The van der Waals surface area contributed by atoms with Crippen LogP contribution in [-0.2, 0) is 6.18 Å². The van der Waals surface area contributed by atoms with Gasteiger partial charge < -0.3 is 5.32 Å². The van der Waals surface area contributed by atoms with Crippen molar-refractivity contribution in [1.29, 1.82) is 0 Å². The molecule has 0 unspecified atom stereocenters. The third-order valence-corrected chi connectivity index (χ3v) is 4.41. The van der Waals surface area contributed by atoms with Crippen molar-refractivity contribution in [2.75, 3.05) is 26.2 Å². The van der Waals surface area contributed by atoms with Crippen molar-refractivity contribution in [2.24, 2.45) is 0 Å². The third kappa shape index (κ3) is 6.28. The van der Waals surface area contributed by atoms with Crippen LogP contribution in [0, 0.1) is 5.82 Å². The minimum Gasteiger partial charge on any atom is -0.314 e. The van der Waals surface area contributed by atoms with E-state index in [1.54, 1.807) is 0 Å². The molecule has 0 aliphatic carbocycles. The van der Waals surface area contributed by atoms with Gasteiger partial charge in [-0.15, -0.1) is 19.0 Å². The zero-order valence-corrected chi connectivity index (χ0v) is 14.9. The zero-order valence-electron chi connectivity index (χ0n) is 14.1. The summed E-state index contributed by atoms with van der Waals surface area (Å²) in [5.41, 5.74) is -0.571. The van der Waals surface area contributed by atoms with Crippen molar-refractivity contribution in [3.63, 3.8) is 0 Å². The van der Waals surface area contributed by atoms with E-state index in [1.165, 1.54) is 6.07 Å². The van der Waals surface area contributed by atoms with Crippen molar-refractivity contribution < 1.29 is 17.6 Å². The van der Waals surface area contributed by atoms with Gasteiger partial charge in [0.1, 0.15) is 5.82 Å². The van der Waals surface area contributed by atoms with Crippen LogP contribution in [-0.4, -0.2) is 31.1 Å². The number of nitrogens with one attached hydrogen (secondary N) is 1. The zero-order chi connectivity index (χ0) is 17.6. The molecule has 1 aromatic carbocycles. The number of halogens is 5. The van der Waals surface area contributed by atoms with Crippen molar-refractivity contribution in [3.05, 3.63) is 47.8 Å². The molecule has 2 rings (SSSR count). The van der Waals surface area contributed by atoms with Gasteiger partial charge in [0.2, 0.25) is 0 Å². The average molecular weight is 381 g/mol. The molecular formula is C18H25ClF4N2. The van der Waals surface area contributed by atoms with E-state index in [2.05, 4.69) is 16.8 Å². The topological polar surface area (TPSA) is 15.3 Å². The molecule has 25 heavy (non-hydrogen) atoms. The Hall–Kier alpha value is -1.11. The SMILES string of the molecule is C=CCCCC[C@@H](c1ccc(C(F)(F)F)c(F)c1)N1CCNCC1.Cl. The Balaban J connectivity index is 0.00000312. The highest BCUT2D eigenvalue weighted by molar-refractivity contribution is 5.85. The number of hydrogen-bond acceptors (Lipinski definition) is 2. The van der Waals surface area contributed by atoms with Crippen LogP contribution in [0.1, 0.15) is 42.9 Å².